The summed E-state index contributed by atoms with van der Waals surface area (Å²) in [5.74, 6) is 0.619. The van der Waals surface area contributed by atoms with E-state index in [0.29, 0.717) is 0 Å². The van der Waals surface area contributed by atoms with Crippen LogP contribution in [-0.2, 0) is 9.59 Å². The predicted octanol–water partition coefficient (Wildman–Crippen LogP) is 2.38. The van der Waals surface area contributed by atoms with E-state index in [2.05, 4.69) is 24.5 Å². The van der Waals surface area contributed by atoms with Crippen LogP contribution < -0.4 is 10.6 Å². The molecule has 0 aliphatic heterocycles. The lowest BCUT2D eigenvalue weighted by Crippen LogP contribution is -2.48. The highest BCUT2D eigenvalue weighted by Crippen LogP contribution is 2.24. The quantitative estimate of drug-likeness (QED) is 0.763. The summed E-state index contributed by atoms with van der Waals surface area (Å²) in [6.07, 6.45) is 8.59. The van der Waals surface area contributed by atoms with Gasteiger partial charge in [-0.15, -0.1) is 0 Å². The molecular formula is C16H28N2O2. The normalized spacial score (nSPS) is 34.3. The van der Waals surface area contributed by atoms with Gasteiger partial charge in [0.25, 0.3) is 0 Å². The molecule has 2 aliphatic carbocycles. The van der Waals surface area contributed by atoms with E-state index >= 15 is 0 Å². The zero-order chi connectivity index (χ0) is 14.5. The van der Waals surface area contributed by atoms with Crippen LogP contribution in [0.5, 0.6) is 0 Å². The molecule has 0 heterocycles. The number of rotatable bonds is 2. The maximum absolute atomic E-state index is 11.9. The fourth-order valence-electron chi connectivity index (χ4n) is 3.31. The summed E-state index contributed by atoms with van der Waals surface area (Å²) in [6.45, 7) is 4.49. The summed E-state index contributed by atoms with van der Waals surface area (Å²) < 4.78 is 0. The zero-order valence-corrected chi connectivity index (χ0v) is 12.8. The monoisotopic (exact) mass is 280 g/mol. The van der Waals surface area contributed by atoms with E-state index in [4.69, 9.17) is 0 Å². The van der Waals surface area contributed by atoms with Gasteiger partial charge >= 0.3 is 11.8 Å². The van der Waals surface area contributed by atoms with Gasteiger partial charge in [-0.3, -0.25) is 9.59 Å². The van der Waals surface area contributed by atoms with Crippen LogP contribution in [0.2, 0.25) is 0 Å². The molecule has 0 atom stereocenters. The van der Waals surface area contributed by atoms with Crippen LogP contribution in [0.15, 0.2) is 0 Å². The number of amides is 2. The summed E-state index contributed by atoms with van der Waals surface area (Å²) in [7, 11) is 0. The van der Waals surface area contributed by atoms with Crippen molar-refractivity contribution in [2.24, 2.45) is 11.8 Å². The van der Waals surface area contributed by atoms with Crippen molar-refractivity contribution in [3.05, 3.63) is 0 Å². The van der Waals surface area contributed by atoms with Gasteiger partial charge in [0, 0.05) is 12.1 Å². The average molecular weight is 280 g/mol. The van der Waals surface area contributed by atoms with Crippen molar-refractivity contribution in [2.45, 2.75) is 77.3 Å². The molecule has 2 amide bonds. The van der Waals surface area contributed by atoms with Crippen molar-refractivity contribution in [1.82, 2.24) is 10.6 Å². The predicted molar refractivity (Wildman–Crippen MR) is 79.1 cm³/mol. The van der Waals surface area contributed by atoms with E-state index in [0.717, 1.165) is 63.2 Å². The molecule has 0 unspecified atom stereocenters. The van der Waals surface area contributed by atoms with Crippen molar-refractivity contribution in [2.75, 3.05) is 0 Å². The topological polar surface area (TPSA) is 58.2 Å². The first kappa shape index (κ1) is 15.3. The molecule has 114 valence electrons. The summed E-state index contributed by atoms with van der Waals surface area (Å²) in [5.41, 5.74) is 0. The first-order valence-electron chi connectivity index (χ1n) is 8.16. The van der Waals surface area contributed by atoms with E-state index in [9.17, 15) is 9.59 Å². The minimum Gasteiger partial charge on any atom is -0.345 e. The standard InChI is InChI=1S/C16H28N2O2/c1-11-3-7-13(8-4-11)17-15(19)16(20)18-14-9-5-12(2)6-10-14/h11-14H,3-10H2,1-2H3,(H,17,19)(H,18,20). The Morgan fingerprint density at radius 3 is 1.25 bits per heavy atom. The van der Waals surface area contributed by atoms with E-state index in [1.54, 1.807) is 0 Å². The molecule has 4 nitrogen and oxygen atoms in total. The van der Waals surface area contributed by atoms with Crippen molar-refractivity contribution in [3.8, 4) is 0 Å². The SMILES string of the molecule is CC1CCC(NC(=O)C(=O)NC2CCC(C)CC2)CC1. The van der Waals surface area contributed by atoms with Crippen LogP contribution >= 0.6 is 0 Å². The molecule has 20 heavy (non-hydrogen) atoms. The van der Waals surface area contributed by atoms with Crippen molar-refractivity contribution in [1.29, 1.82) is 0 Å². The summed E-state index contributed by atoms with van der Waals surface area (Å²) in [5, 5.41) is 5.77. The minimum atomic E-state index is -0.442. The van der Waals surface area contributed by atoms with Gasteiger partial charge in [-0.2, -0.15) is 0 Å². The zero-order valence-electron chi connectivity index (χ0n) is 12.8. The second-order valence-corrected chi connectivity index (χ2v) is 6.86. The third kappa shape index (κ3) is 4.50. The minimum absolute atomic E-state index is 0.191. The van der Waals surface area contributed by atoms with Crippen LogP contribution in [0, 0.1) is 11.8 Å². The molecular weight excluding hydrogens is 252 g/mol. The van der Waals surface area contributed by atoms with Crippen LogP contribution in [-0.4, -0.2) is 23.9 Å². The number of carbonyl (C=O) groups excluding carboxylic acids is 2. The fourth-order valence-corrected chi connectivity index (χ4v) is 3.31. The van der Waals surface area contributed by atoms with Crippen LogP contribution in [0.3, 0.4) is 0 Å². The second kappa shape index (κ2) is 7.09. The molecule has 2 N–H and O–H groups in total. The lowest BCUT2D eigenvalue weighted by Gasteiger charge is -2.28. The van der Waals surface area contributed by atoms with Gasteiger partial charge in [-0.1, -0.05) is 13.8 Å². The summed E-state index contributed by atoms with van der Waals surface area (Å²) in [6, 6.07) is 0.381. The highest BCUT2D eigenvalue weighted by molar-refractivity contribution is 6.35. The van der Waals surface area contributed by atoms with Gasteiger partial charge in [-0.05, 0) is 63.2 Å². The smallest absolute Gasteiger partial charge is 0.309 e. The molecule has 4 heteroatoms. The Hall–Kier alpha value is -1.06. The Kier molecular flexibility index (Phi) is 5.44. The molecule has 2 aliphatic rings. The van der Waals surface area contributed by atoms with Gasteiger partial charge in [0.05, 0.1) is 0 Å². The van der Waals surface area contributed by atoms with E-state index in [-0.39, 0.29) is 12.1 Å². The largest absolute Gasteiger partial charge is 0.345 e. The van der Waals surface area contributed by atoms with E-state index in [1.807, 2.05) is 0 Å². The Labute approximate surface area is 122 Å². The lowest BCUT2D eigenvalue weighted by molar-refractivity contribution is -0.140. The highest BCUT2D eigenvalue weighted by Gasteiger charge is 2.25. The van der Waals surface area contributed by atoms with E-state index < -0.39 is 11.8 Å². The van der Waals surface area contributed by atoms with Gasteiger partial charge in [0.15, 0.2) is 0 Å². The Balaban J connectivity index is 1.70. The van der Waals surface area contributed by atoms with Crippen LogP contribution in [0.4, 0.5) is 0 Å². The molecule has 0 aromatic carbocycles. The number of hydrogen-bond acceptors (Lipinski definition) is 2. The molecule has 0 saturated heterocycles. The second-order valence-electron chi connectivity index (χ2n) is 6.86. The van der Waals surface area contributed by atoms with Gasteiger partial charge < -0.3 is 10.6 Å². The van der Waals surface area contributed by atoms with E-state index in [1.165, 1.54) is 0 Å². The number of carbonyl (C=O) groups is 2. The third-order valence-electron chi connectivity index (χ3n) is 4.91. The number of hydrogen-bond donors (Lipinski definition) is 2. The van der Waals surface area contributed by atoms with Gasteiger partial charge in [-0.25, -0.2) is 0 Å². The molecule has 0 aromatic heterocycles. The maximum Gasteiger partial charge on any atom is 0.309 e. The summed E-state index contributed by atoms with van der Waals surface area (Å²) in [4.78, 5) is 23.8. The van der Waals surface area contributed by atoms with Gasteiger partial charge in [0.1, 0.15) is 0 Å². The molecule has 0 bridgehead atoms. The molecule has 2 fully saturated rings. The van der Waals surface area contributed by atoms with Crippen LogP contribution in [0.25, 0.3) is 0 Å². The third-order valence-corrected chi connectivity index (χ3v) is 4.91. The summed E-state index contributed by atoms with van der Waals surface area (Å²) >= 11 is 0. The number of nitrogens with one attached hydrogen (secondary N) is 2. The van der Waals surface area contributed by atoms with Crippen molar-refractivity contribution >= 4 is 11.8 Å². The molecule has 0 spiro atoms. The Morgan fingerprint density at radius 2 is 0.950 bits per heavy atom. The Bertz CT molecular complexity index is 306. The molecule has 0 radical (unpaired) electrons. The molecule has 2 saturated carbocycles. The first-order valence-corrected chi connectivity index (χ1v) is 8.16. The van der Waals surface area contributed by atoms with Gasteiger partial charge in [0.2, 0.25) is 0 Å². The van der Waals surface area contributed by atoms with Crippen molar-refractivity contribution < 1.29 is 9.59 Å². The molecule has 0 aromatic rings. The van der Waals surface area contributed by atoms with Crippen molar-refractivity contribution in [3.63, 3.8) is 0 Å². The average Bonchev–Trinajstić information content (AvgIpc) is 2.44. The maximum atomic E-state index is 11.9. The fraction of sp³-hybridized carbons (Fsp3) is 0.875. The lowest BCUT2D eigenvalue weighted by atomic mass is 9.87. The molecule has 2 rings (SSSR count). The highest BCUT2D eigenvalue weighted by atomic mass is 16.2. The Morgan fingerprint density at radius 1 is 0.650 bits per heavy atom. The van der Waals surface area contributed by atoms with Crippen LogP contribution in [0.1, 0.15) is 65.2 Å². The first-order chi connectivity index (χ1) is 9.54.